The third-order valence-electron chi connectivity index (χ3n) is 6.71. The number of hydrogen-bond donors (Lipinski definition) is 0. The van der Waals surface area contributed by atoms with Crippen LogP contribution in [0.4, 0.5) is 0 Å². The molecule has 1 saturated heterocycles. The van der Waals surface area contributed by atoms with Crippen molar-refractivity contribution in [3.8, 4) is 0 Å². The van der Waals surface area contributed by atoms with Gasteiger partial charge in [0.15, 0.2) is 18.3 Å². The van der Waals surface area contributed by atoms with Crippen molar-refractivity contribution in [2.45, 2.75) is 45.2 Å². The average Bonchev–Trinajstić information content (AvgIpc) is 3.24. The molecule has 4 rings (SSSR count). The van der Waals surface area contributed by atoms with Gasteiger partial charge in [0.25, 0.3) is 0 Å². The molecule has 0 saturated carbocycles. The normalized spacial score (nSPS) is 20.6. The fraction of sp³-hybridized carbons (Fsp3) is 0.400. The molecule has 0 N–H and O–H groups in total. The third-order valence-corrected chi connectivity index (χ3v) is 8.12. The van der Waals surface area contributed by atoms with Crippen LogP contribution in [0.2, 0.25) is 20.1 Å². The zero-order chi connectivity index (χ0) is 22.2. The maximum atomic E-state index is 6.58. The molecule has 2 aliphatic rings. The lowest BCUT2D eigenvalue weighted by molar-refractivity contribution is -0.621. The first-order valence-corrected chi connectivity index (χ1v) is 12.2. The molecule has 2 aromatic carbocycles. The lowest BCUT2D eigenvalue weighted by Crippen LogP contribution is -2.50. The second-order valence-corrected chi connectivity index (χ2v) is 10.5. The summed E-state index contributed by atoms with van der Waals surface area (Å²) in [5.41, 5.74) is 3.12. The molecule has 0 amide bonds. The van der Waals surface area contributed by atoms with Crippen LogP contribution in [-0.4, -0.2) is 34.3 Å². The van der Waals surface area contributed by atoms with Crippen molar-refractivity contribution in [2.75, 3.05) is 13.1 Å². The number of halogens is 4. The zero-order valence-corrected chi connectivity index (χ0v) is 20.9. The predicted octanol–water partition coefficient (Wildman–Crippen LogP) is 7.51. The SMILES string of the molecule is CC1(C)C(Cc2c(Cl)cccc2Cl)C(N2CCCC2)=CC=[N+]1Cc1c(Cl)cccc1Cl. The largest absolute Gasteiger partial charge is 0.374 e. The summed E-state index contributed by atoms with van der Waals surface area (Å²) < 4.78 is 2.34. The maximum absolute atomic E-state index is 6.58. The number of rotatable bonds is 5. The Morgan fingerprint density at radius 2 is 1.39 bits per heavy atom. The highest BCUT2D eigenvalue weighted by Crippen LogP contribution is 2.40. The van der Waals surface area contributed by atoms with Gasteiger partial charge in [0.1, 0.15) is 0 Å². The van der Waals surface area contributed by atoms with Crippen LogP contribution in [0.1, 0.15) is 37.8 Å². The van der Waals surface area contributed by atoms with Crippen molar-refractivity contribution in [3.63, 3.8) is 0 Å². The van der Waals surface area contributed by atoms with Crippen LogP contribution in [0.15, 0.2) is 48.2 Å². The van der Waals surface area contributed by atoms with Gasteiger partial charge >= 0.3 is 0 Å². The molecule has 31 heavy (non-hydrogen) atoms. The summed E-state index contributed by atoms with van der Waals surface area (Å²) in [5.74, 6) is 0.217. The molecule has 2 nitrogen and oxygen atoms in total. The number of likely N-dealkylation sites (tertiary alicyclic amines) is 1. The standard InChI is InChI=1S/C25H27Cl4N2/c1-25(2)19(15-17-20(26)7-5-8-21(17)27)24(30-12-3-4-13-30)11-14-31(25)16-18-22(28)9-6-10-23(18)29/h5-11,14,19H,3-4,12-13,15-16H2,1-2H3/q+1. The zero-order valence-electron chi connectivity index (χ0n) is 17.8. The number of allylic oxidation sites excluding steroid dienone is 1. The summed E-state index contributed by atoms with van der Waals surface area (Å²) in [6.07, 6.45) is 7.69. The lowest BCUT2D eigenvalue weighted by Gasteiger charge is -2.39. The molecule has 0 radical (unpaired) electrons. The van der Waals surface area contributed by atoms with E-state index >= 15 is 0 Å². The molecule has 0 aliphatic carbocycles. The molecule has 1 atom stereocenters. The number of hydrogen-bond acceptors (Lipinski definition) is 1. The van der Waals surface area contributed by atoms with Gasteiger partial charge in [-0.05, 0) is 49.1 Å². The monoisotopic (exact) mass is 495 g/mol. The number of nitrogens with zero attached hydrogens (tertiary/aromatic N) is 2. The highest BCUT2D eigenvalue weighted by molar-refractivity contribution is 6.36. The molecule has 164 valence electrons. The van der Waals surface area contributed by atoms with Gasteiger partial charge in [-0.1, -0.05) is 58.5 Å². The van der Waals surface area contributed by atoms with Crippen molar-refractivity contribution in [3.05, 3.63) is 79.4 Å². The van der Waals surface area contributed by atoms with Crippen molar-refractivity contribution in [1.82, 2.24) is 4.90 Å². The van der Waals surface area contributed by atoms with E-state index in [0.717, 1.165) is 40.7 Å². The first-order valence-electron chi connectivity index (χ1n) is 10.7. The molecular weight excluding hydrogens is 470 g/mol. The summed E-state index contributed by atoms with van der Waals surface area (Å²) in [7, 11) is 0. The van der Waals surface area contributed by atoms with Crippen LogP contribution in [0, 0.1) is 5.92 Å². The van der Waals surface area contributed by atoms with Crippen LogP contribution in [-0.2, 0) is 13.0 Å². The Bertz CT molecular complexity index is 995. The molecule has 1 unspecified atom stereocenters. The van der Waals surface area contributed by atoms with Gasteiger partial charge in [-0.2, -0.15) is 0 Å². The summed E-state index contributed by atoms with van der Waals surface area (Å²) in [6.45, 7) is 7.40. The van der Waals surface area contributed by atoms with Crippen LogP contribution >= 0.6 is 46.4 Å². The van der Waals surface area contributed by atoms with Gasteiger partial charge in [-0.3, -0.25) is 0 Å². The van der Waals surface area contributed by atoms with Crippen molar-refractivity contribution in [2.24, 2.45) is 5.92 Å². The maximum Gasteiger partial charge on any atom is 0.171 e. The van der Waals surface area contributed by atoms with Crippen LogP contribution in [0.5, 0.6) is 0 Å². The van der Waals surface area contributed by atoms with Crippen LogP contribution in [0.25, 0.3) is 0 Å². The Morgan fingerprint density at radius 3 is 1.94 bits per heavy atom. The second-order valence-electron chi connectivity index (χ2n) is 8.87. The van der Waals surface area contributed by atoms with Crippen molar-refractivity contribution in [1.29, 1.82) is 0 Å². The van der Waals surface area contributed by atoms with E-state index in [9.17, 15) is 0 Å². The van der Waals surface area contributed by atoms with E-state index in [1.807, 2.05) is 36.4 Å². The van der Waals surface area contributed by atoms with E-state index < -0.39 is 0 Å². The van der Waals surface area contributed by atoms with Gasteiger partial charge in [0, 0.05) is 48.8 Å². The molecular formula is C25H27Cl4N2+. The quantitative estimate of drug-likeness (QED) is 0.388. The Balaban J connectivity index is 1.74. The van der Waals surface area contributed by atoms with Gasteiger partial charge in [-0.25, -0.2) is 4.58 Å². The Morgan fingerprint density at radius 1 is 0.871 bits per heavy atom. The summed E-state index contributed by atoms with van der Waals surface area (Å²) in [6, 6.07) is 11.4. The van der Waals surface area contributed by atoms with E-state index in [2.05, 4.69) is 35.6 Å². The second kappa shape index (κ2) is 9.35. The lowest BCUT2D eigenvalue weighted by atomic mass is 9.77. The Hall–Kier alpha value is -1.19. The van der Waals surface area contributed by atoms with E-state index in [1.165, 1.54) is 18.5 Å². The minimum atomic E-state index is -0.197. The summed E-state index contributed by atoms with van der Waals surface area (Å²) in [5, 5.41) is 2.83. The Labute approximate surface area is 205 Å². The van der Waals surface area contributed by atoms with Crippen molar-refractivity contribution >= 4 is 52.6 Å². The smallest absolute Gasteiger partial charge is 0.171 e. The topological polar surface area (TPSA) is 6.25 Å². The number of benzene rings is 2. The van der Waals surface area contributed by atoms with Crippen LogP contribution < -0.4 is 0 Å². The highest BCUT2D eigenvalue weighted by Gasteiger charge is 2.46. The van der Waals surface area contributed by atoms with E-state index in [4.69, 9.17) is 46.4 Å². The molecule has 2 heterocycles. The third kappa shape index (κ3) is 4.64. The van der Waals surface area contributed by atoms with E-state index in [-0.39, 0.29) is 11.5 Å². The fourth-order valence-corrected chi connectivity index (χ4v) is 5.80. The first kappa shape index (κ1) is 23.0. The van der Waals surface area contributed by atoms with Gasteiger partial charge in [0.05, 0.1) is 21.5 Å². The predicted molar refractivity (Wildman–Crippen MR) is 133 cm³/mol. The average molecular weight is 497 g/mol. The van der Waals surface area contributed by atoms with Crippen LogP contribution in [0.3, 0.4) is 0 Å². The molecule has 0 aromatic heterocycles. The first-order chi connectivity index (χ1) is 14.8. The van der Waals surface area contributed by atoms with Gasteiger partial charge < -0.3 is 4.90 Å². The molecule has 2 aromatic rings. The molecule has 0 spiro atoms. The fourth-order valence-electron chi connectivity index (χ4n) is 4.73. The molecule has 2 aliphatic heterocycles. The minimum Gasteiger partial charge on any atom is -0.374 e. The molecule has 0 bridgehead atoms. The summed E-state index contributed by atoms with van der Waals surface area (Å²) in [4.78, 5) is 2.52. The summed E-state index contributed by atoms with van der Waals surface area (Å²) >= 11 is 26.2. The van der Waals surface area contributed by atoms with E-state index in [1.54, 1.807) is 0 Å². The minimum absolute atomic E-state index is 0.197. The highest BCUT2D eigenvalue weighted by atomic mass is 35.5. The molecule has 1 fully saturated rings. The van der Waals surface area contributed by atoms with E-state index in [0.29, 0.717) is 16.6 Å². The molecule has 6 heteroatoms. The Kier molecular flexibility index (Phi) is 6.93. The van der Waals surface area contributed by atoms with Crippen molar-refractivity contribution < 1.29 is 4.58 Å². The van der Waals surface area contributed by atoms with Gasteiger partial charge in [-0.15, -0.1) is 0 Å². The van der Waals surface area contributed by atoms with Gasteiger partial charge in [0.2, 0.25) is 0 Å².